The van der Waals surface area contributed by atoms with Crippen molar-refractivity contribution < 1.29 is 4.79 Å². The number of rotatable bonds is 8. The highest BCUT2D eigenvalue weighted by Crippen LogP contribution is 2.27. The summed E-state index contributed by atoms with van der Waals surface area (Å²) >= 11 is 1.34. The Labute approximate surface area is 143 Å². The van der Waals surface area contributed by atoms with Crippen molar-refractivity contribution in [3.63, 3.8) is 0 Å². The van der Waals surface area contributed by atoms with Gasteiger partial charge < -0.3 is 11.2 Å². The molecule has 0 spiro atoms. The monoisotopic (exact) mass is 339 g/mol. The highest BCUT2D eigenvalue weighted by molar-refractivity contribution is 7.99. The van der Waals surface area contributed by atoms with E-state index in [9.17, 15) is 4.79 Å². The van der Waals surface area contributed by atoms with Gasteiger partial charge in [0.15, 0.2) is 5.82 Å². The molecule has 0 unspecified atom stereocenters. The summed E-state index contributed by atoms with van der Waals surface area (Å²) in [5.41, 5.74) is 0. The molecule has 0 radical (unpaired) electrons. The van der Waals surface area contributed by atoms with Gasteiger partial charge in [-0.2, -0.15) is 0 Å². The largest absolute Gasteiger partial charge is 0.353 e. The molecule has 1 fully saturated rings. The second-order valence-corrected chi connectivity index (χ2v) is 7.42. The maximum absolute atomic E-state index is 11.8. The standard InChI is InChI=1S/C16H29N5OS/c1-3-12(2)18-15(22)11-23-16-20-19-14(21(16)17)10-9-13-7-5-4-6-8-13/h12-13H,3-11,17H2,1-2H3,(H,18,22)/t12-/m0/s1. The van der Waals surface area contributed by atoms with Crippen LogP contribution in [0.3, 0.4) is 0 Å². The van der Waals surface area contributed by atoms with Crippen molar-refractivity contribution in [2.24, 2.45) is 5.92 Å². The number of nitrogens with one attached hydrogen (secondary N) is 1. The predicted octanol–water partition coefficient (Wildman–Crippen LogP) is 2.51. The Kier molecular flexibility index (Phi) is 7.20. The molecule has 0 saturated heterocycles. The minimum atomic E-state index is 0.0103. The van der Waals surface area contributed by atoms with Crippen molar-refractivity contribution in [3.05, 3.63) is 5.82 Å². The van der Waals surface area contributed by atoms with Crippen molar-refractivity contribution in [1.29, 1.82) is 0 Å². The summed E-state index contributed by atoms with van der Waals surface area (Å²) in [4.78, 5) is 11.8. The maximum atomic E-state index is 11.8. The Morgan fingerprint density at radius 3 is 2.83 bits per heavy atom. The van der Waals surface area contributed by atoms with Gasteiger partial charge in [-0.05, 0) is 25.7 Å². The molecule has 1 atom stereocenters. The molecule has 1 aliphatic carbocycles. The Bertz CT molecular complexity index is 499. The number of carbonyl (C=O) groups is 1. The molecule has 1 saturated carbocycles. The van der Waals surface area contributed by atoms with Gasteiger partial charge in [-0.25, -0.2) is 4.68 Å². The second kappa shape index (κ2) is 9.15. The quantitative estimate of drug-likeness (QED) is 0.561. The Hall–Kier alpha value is -1.24. The molecular formula is C16H29N5OS. The van der Waals surface area contributed by atoms with Crippen molar-refractivity contribution >= 4 is 17.7 Å². The average molecular weight is 340 g/mol. The number of nitrogens with zero attached hydrogens (tertiary/aromatic N) is 3. The third-order valence-electron chi connectivity index (χ3n) is 4.59. The third-order valence-corrected chi connectivity index (χ3v) is 5.53. The van der Waals surface area contributed by atoms with Crippen molar-refractivity contribution in [2.75, 3.05) is 11.6 Å². The van der Waals surface area contributed by atoms with E-state index in [1.54, 1.807) is 4.68 Å². The van der Waals surface area contributed by atoms with Gasteiger partial charge in [0, 0.05) is 12.5 Å². The third kappa shape index (κ3) is 5.71. The van der Waals surface area contributed by atoms with Crippen LogP contribution < -0.4 is 11.2 Å². The molecule has 1 aliphatic rings. The van der Waals surface area contributed by atoms with E-state index < -0.39 is 0 Å². The molecule has 3 N–H and O–H groups in total. The first-order valence-corrected chi connectivity index (χ1v) is 9.70. The summed E-state index contributed by atoms with van der Waals surface area (Å²) in [5, 5.41) is 11.9. The molecule has 7 heteroatoms. The van der Waals surface area contributed by atoms with E-state index in [1.807, 2.05) is 13.8 Å². The van der Waals surface area contributed by atoms with Gasteiger partial charge in [0.25, 0.3) is 0 Å². The summed E-state index contributed by atoms with van der Waals surface area (Å²) in [7, 11) is 0. The van der Waals surface area contributed by atoms with Crippen LogP contribution in [-0.2, 0) is 11.2 Å². The zero-order valence-electron chi connectivity index (χ0n) is 14.3. The van der Waals surface area contributed by atoms with Gasteiger partial charge in [-0.3, -0.25) is 4.79 Å². The van der Waals surface area contributed by atoms with Gasteiger partial charge in [0.1, 0.15) is 0 Å². The lowest BCUT2D eigenvalue weighted by Gasteiger charge is -2.20. The Balaban J connectivity index is 1.78. The number of nitrogens with two attached hydrogens (primary N) is 1. The summed E-state index contributed by atoms with van der Waals surface area (Å²) in [6, 6.07) is 0.199. The minimum Gasteiger partial charge on any atom is -0.353 e. The summed E-state index contributed by atoms with van der Waals surface area (Å²) < 4.78 is 1.55. The van der Waals surface area contributed by atoms with E-state index in [4.69, 9.17) is 5.84 Å². The second-order valence-electron chi connectivity index (χ2n) is 6.48. The van der Waals surface area contributed by atoms with Crippen LogP contribution in [0.15, 0.2) is 5.16 Å². The van der Waals surface area contributed by atoms with E-state index in [0.29, 0.717) is 10.9 Å². The molecule has 6 nitrogen and oxygen atoms in total. The fourth-order valence-electron chi connectivity index (χ4n) is 2.93. The molecule has 130 valence electrons. The zero-order valence-corrected chi connectivity index (χ0v) is 15.1. The van der Waals surface area contributed by atoms with Gasteiger partial charge in [-0.15, -0.1) is 10.2 Å². The first kappa shape index (κ1) is 18.1. The minimum absolute atomic E-state index is 0.0103. The summed E-state index contributed by atoms with van der Waals surface area (Å²) in [5.74, 6) is 8.03. The lowest BCUT2D eigenvalue weighted by molar-refractivity contribution is -0.119. The Morgan fingerprint density at radius 2 is 2.13 bits per heavy atom. The topological polar surface area (TPSA) is 85.8 Å². The van der Waals surface area contributed by atoms with Crippen LogP contribution >= 0.6 is 11.8 Å². The zero-order chi connectivity index (χ0) is 16.7. The highest BCUT2D eigenvalue weighted by Gasteiger charge is 2.17. The normalized spacial score (nSPS) is 17.1. The number of carbonyl (C=O) groups excluding carboxylic acids is 1. The van der Waals surface area contributed by atoms with Crippen molar-refractivity contribution in [1.82, 2.24) is 20.2 Å². The Morgan fingerprint density at radius 1 is 1.39 bits per heavy atom. The molecule has 1 aromatic heterocycles. The first-order valence-electron chi connectivity index (χ1n) is 8.71. The van der Waals surface area contributed by atoms with Crippen LogP contribution in [0.4, 0.5) is 0 Å². The van der Waals surface area contributed by atoms with Crippen molar-refractivity contribution in [2.45, 2.75) is 76.4 Å². The van der Waals surface area contributed by atoms with Crippen LogP contribution in [0.1, 0.15) is 64.6 Å². The lowest BCUT2D eigenvalue weighted by atomic mass is 9.86. The molecule has 0 aliphatic heterocycles. The first-order chi connectivity index (χ1) is 11.1. The van der Waals surface area contributed by atoms with Crippen LogP contribution in [0, 0.1) is 5.92 Å². The molecular weight excluding hydrogens is 310 g/mol. The number of thioether (sulfide) groups is 1. The van der Waals surface area contributed by atoms with Crippen molar-refractivity contribution in [3.8, 4) is 0 Å². The van der Waals surface area contributed by atoms with Crippen LogP contribution in [0.5, 0.6) is 0 Å². The smallest absolute Gasteiger partial charge is 0.230 e. The van der Waals surface area contributed by atoms with Crippen LogP contribution in [0.25, 0.3) is 0 Å². The van der Waals surface area contributed by atoms with E-state index >= 15 is 0 Å². The molecule has 1 amide bonds. The van der Waals surface area contributed by atoms with Crippen LogP contribution in [0.2, 0.25) is 0 Å². The van der Waals surface area contributed by atoms with Gasteiger partial charge in [-0.1, -0.05) is 50.8 Å². The predicted molar refractivity (Wildman–Crippen MR) is 93.7 cm³/mol. The van der Waals surface area contributed by atoms with Gasteiger partial charge in [0.2, 0.25) is 11.1 Å². The van der Waals surface area contributed by atoms with E-state index in [-0.39, 0.29) is 11.9 Å². The molecule has 1 aromatic rings. The molecule has 23 heavy (non-hydrogen) atoms. The summed E-state index contributed by atoms with van der Waals surface area (Å²) in [6.45, 7) is 4.05. The SMILES string of the molecule is CC[C@H](C)NC(=O)CSc1nnc(CCC2CCCCC2)n1N. The fraction of sp³-hybridized carbons (Fsp3) is 0.812. The number of amides is 1. The fourth-order valence-corrected chi connectivity index (χ4v) is 3.62. The number of nitrogen functional groups attached to an aromatic ring is 1. The van der Waals surface area contributed by atoms with Gasteiger partial charge >= 0.3 is 0 Å². The number of aromatic nitrogens is 3. The average Bonchev–Trinajstić information content (AvgIpc) is 2.92. The van der Waals surface area contributed by atoms with E-state index in [2.05, 4.69) is 15.5 Å². The number of hydrogen-bond donors (Lipinski definition) is 2. The maximum Gasteiger partial charge on any atom is 0.230 e. The lowest BCUT2D eigenvalue weighted by Crippen LogP contribution is -2.33. The summed E-state index contributed by atoms with van der Waals surface area (Å²) in [6.07, 6.45) is 9.67. The number of aryl methyl sites for hydroxylation is 1. The highest BCUT2D eigenvalue weighted by atomic mass is 32.2. The van der Waals surface area contributed by atoms with Crippen LogP contribution in [-0.4, -0.2) is 32.6 Å². The van der Waals surface area contributed by atoms with E-state index in [1.165, 1.54) is 43.9 Å². The molecule has 2 rings (SSSR count). The molecule has 0 bridgehead atoms. The molecule has 0 aromatic carbocycles. The molecule has 1 heterocycles. The van der Waals surface area contributed by atoms with E-state index in [0.717, 1.165) is 31.0 Å². The van der Waals surface area contributed by atoms with Gasteiger partial charge in [0.05, 0.1) is 5.75 Å². The number of hydrogen-bond acceptors (Lipinski definition) is 5.